The maximum Gasteiger partial charge on any atom is 0.250 e. The summed E-state index contributed by atoms with van der Waals surface area (Å²) in [6, 6.07) is 5.28. The number of nitrogens with zero attached hydrogens (tertiary/aromatic N) is 2. The smallest absolute Gasteiger partial charge is 0.250 e. The summed E-state index contributed by atoms with van der Waals surface area (Å²) in [5, 5.41) is 0. The molecular formula is C14H22N4O. The third-order valence-electron chi connectivity index (χ3n) is 3.54. The summed E-state index contributed by atoms with van der Waals surface area (Å²) in [5.74, 6) is -0.397. The van der Waals surface area contributed by atoms with Crippen molar-refractivity contribution in [1.29, 1.82) is 0 Å². The zero-order chi connectivity index (χ0) is 13.8. The molecule has 0 unspecified atom stereocenters. The van der Waals surface area contributed by atoms with Crippen LogP contribution in [0.25, 0.3) is 0 Å². The monoisotopic (exact) mass is 262 g/mol. The van der Waals surface area contributed by atoms with E-state index in [0.717, 1.165) is 38.4 Å². The molecule has 5 heteroatoms. The number of carbonyl (C=O) groups is 1. The number of piperazine rings is 1. The molecule has 0 aliphatic carbocycles. The van der Waals surface area contributed by atoms with Crippen molar-refractivity contribution in [2.45, 2.75) is 13.3 Å². The molecule has 0 atom stereocenters. The van der Waals surface area contributed by atoms with Crippen molar-refractivity contribution in [3.05, 3.63) is 23.8 Å². The molecule has 1 aromatic carbocycles. The molecule has 0 bridgehead atoms. The zero-order valence-electron chi connectivity index (χ0n) is 11.4. The second-order valence-corrected chi connectivity index (χ2v) is 4.97. The summed E-state index contributed by atoms with van der Waals surface area (Å²) in [6.07, 6.45) is 1.17. The van der Waals surface area contributed by atoms with Gasteiger partial charge in [-0.05, 0) is 31.2 Å². The van der Waals surface area contributed by atoms with Gasteiger partial charge in [-0.3, -0.25) is 9.69 Å². The fourth-order valence-electron chi connectivity index (χ4n) is 2.55. The highest BCUT2D eigenvalue weighted by Gasteiger charge is 2.20. The van der Waals surface area contributed by atoms with Gasteiger partial charge in [0.2, 0.25) is 0 Å². The molecular weight excluding hydrogens is 240 g/mol. The van der Waals surface area contributed by atoms with Gasteiger partial charge in [0.25, 0.3) is 5.91 Å². The molecule has 1 aromatic rings. The average molecular weight is 262 g/mol. The van der Waals surface area contributed by atoms with E-state index < -0.39 is 5.91 Å². The highest BCUT2D eigenvalue weighted by Crippen LogP contribution is 2.24. The highest BCUT2D eigenvalue weighted by molar-refractivity contribution is 5.99. The van der Waals surface area contributed by atoms with Crippen molar-refractivity contribution < 1.29 is 4.79 Å². The Hall–Kier alpha value is -1.75. The lowest BCUT2D eigenvalue weighted by Gasteiger charge is -2.36. The third kappa shape index (κ3) is 3.17. The first-order valence-corrected chi connectivity index (χ1v) is 6.78. The third-order valence-corrected chi connectivity index (χ3v) is 3.54. The minimum atomic E-state index is -0.397. The fourth-order valence-corrected chi connectivity index (χ4v) is 2.55. The number of nitrogens with two attached hydrogens (primary N) is 2. The standard InChI is InChI=1S/C14H22N4O/c1-2-5-17-6-8-18(9-7-17)13-10-11(15)3-4-12(13)14(16)19/h3-4,10H,2,5-9,15H2,1H3,(H2,16,19). The maximum absolute atomic E-state index is 11.5. The molecule has 1 aliphatic rings. The lowest BCUT2D eigenvalue weighted by atomic mass is 10.1. The van der Waals surface area contributed by atoms with E-state index in [4.69, 9.17) is 11.5 Å². The Kier molecular flexibility index (Phi) is 4.27. The molecule has 1 amide bonds. The lowest BCUT2D eigenvalue weighted by Crippen LogP contribution is -2.47. The Labute approximate surface area is 114 Å². The minimum absolute atomic E-state index is 0.397. The van der Waals surface area contributed by atoms with Gasteiger partial charge in [-0.15, -0.1) is 0 Å². The van der Waals surface area contributed by atoms with E-state index in [0.29, 0.717) is 11.3 Å². The van der Waals surface area contributed by atoms with Gasteiger partial charge in [0.05, 0.1) is 11.3 Å². The Morgan fingerprint density at radius 2 is 1.95 bits per heavy atom. The van der Waals surface area contributed by atoms with Gasteiger partial charge in [0, 0.05) is 31.9 Å². The molecule has 1 saturated heterocycles. The van der Waals surface area contributed by atoms with Gasteiger partial charge in [0.1, 0.15) is 0 Å². The zero-order valence-corrected chi connectivity index (χ0v) is 11.4. The summed E-state index contributed by atoms with van der Waals surface area (Å²) >= 11 is 0. The number of anilines is 2. The van der Waals surface area contributed by atoms with Crippen LogP contribution in [0.5, 0.6) is 0 Å². The van der Waals surface area contributed by atoms with Crippen molar-refractivity contribution in [3.8, 4) is 0 Å². The topological polar surface area (TPSA) is 75.6 Å². The second kappa shape index (κ2) is 5.93. The highest BCUT2D eigenvalue weighted by atomic mass is 16.1. The molecule has 4 N–H and O–H groups in total. The van der Waals surface area contributed by atoms with Gasteiger partial charge in [-0.1, -0.05) is 6.92 Å². The Morgan fingerprint density at radius 3 is 2.53 bits per heavy atom. The quantitative estimate of drug-likeness (QED) is 0.791. The number of rotatable bonds is 4. The summed E-state index contributed by atoms with van der Waals surface area (Å²) in [7, 11) is 0. The summed E-state index contributed by atoms with van der Waals surface area (Å²) in [6.45, 7) is 7.16. The van der Waals surface area contributed by atoms with E-state index in [9.17, 15) is 4.79 Å². The van der Waals surface area contributed by atoms with E-state index in [2.05, 4.69) is 16.7 Å². The van der Waals surface area contributed by atoms with Crippen LogP contribution in [0.3, 0.4) is 0 Å². The molecule has 19 heavy (non-hydrogen) atoms. The first-order valence-electron chi connectivity index (χ1n) is 6.78. The number of benzene rings is 1. The fraction of sp³-hybridized carbons (Fsp3) is 0.500. The number of hydrogen-bond donors (Lipinski definition) is 2. The van der Waals surface area contributed by atoms with Crippen molar-refractivity contribution >= 4 is 17.3 Å². The van der Waals surface area contributed by atoms with Crippen LogP contribution in [0.15, 0.2) is 18.2 Å². The molecule has 1 fully saturated rings. The molecule has 1 aliphatic heterocycles. The van der Waals surface area contributed by atoms with E-state index in [1.54, 1.807) is 12.1 Å². The van der Waals surface area contributed by atoms with E-state index in [1.165, 1.54) is 6.42 Å². The first kappa shape index (κ1) is 13.7. The minimum Gasteiger partial charge on any atom is -0.399 e. The molecule has 2 rings (SSSR count). The van der Waals surface area contributed by atoms with Gasteiger partial charge in [-0.25, -0.2) is 0 Å². The van der Waals surface area contributed by atoms with Gasteiger partial charge >= 0.3 is 0 Å². The molecule has 0 radical (unpaired) electrons. The maximum atomic E-state index is 11.5. The van der Waals surface area contributed by atoms with Crippen LogP contribution in [0.1, 0.15) is 23.7 Å². The van der Waals surface area contributed by atoms with Crippen LogP contribution < -0.4 is 16.4 Å². The van der Waals surface area contributed by atoms with Gasteiger partial charge in [0.15, 0.2) is 0 Å². The molecule has 1 heterocycles. The number of amides is 1. The largest absolute Gasteiger partial charge is 0.399 e. The molecule has 0 aromatic heterocycles. The predicted molar refractivity (Wildman–Crippen MR) is 78.3 cm³/mol. The van der Waals surface area contributed by atoms with Crippen LogP contribution in [0.2, 0.25) is 0 Å². The van der Waals surface area contributed by atoms with Crippen LogP contribution in [0, 0.1) is 0 Å². The van der Waals surface area contributed by atoms with Crippen molar-refractivity contribution in [1.82, 2.24) is 4.90 Å². The molecule has 0 spiro atoms. The van der Waals surface area contributed by atoms with E-state index >= 15 is 0 Å². The van der Waals surface area contributed by atoms with Crippen LogP contribution in [0.4, 0.5) is 11.4 Å². The van der Waals surface area contributed by atoms with Crippen LogP contribution >= 0.6 is 0 Å². The Morgan fingerprint density at radius 1 is 1.26 bits per heavy atom. The molecule has 104 valence electrons. The second-order valence-electron chi connectivity index (χ2n) is 4.97. The Balaban J connectivity index is 2.14. The molecule has 5 nitrogen and oxygen atoms in total. The van der Waals surface area contributed by atoms with Gasteiger partial charge < -0.3 is 16.4 Å². The summed E-state index contributed by atoms with van der Waals surface area (Å²) in [4.78, 5) is 16.1. The summed E-state index contributed by atoms with van der Waals surface area (Å²) in [5.41, 5.74) is 13.3. The number of carbonyl (C=O) groups excluding carboxylic acids is 1. The first-order chi connectivity index (χ1) is 9.11. The predicted octanol–water partition coefficient (Wildman–Crippen LogP) is 0.900. The lowest BCUT2D eigenvalue weighted by molar-refractivity contribution is 0.100. The van der Waals surface area contributed by atoms with Gasteiger partial charge in [-0.2, -0.15) is 0 Å². The van der Waals surface area contributed by atoms with E-state index in [1.807, 2.05) is 6.07 Å². The van der Waals surface area contributed by atoms with Crippen LogP contribution in [-0.2, 0) is 0 Å². The normalized spacial score (nSPS) is 16.6. The number of nitrogen functional groups attached to an aromatic ring is 1. The van der Waals surface area contributed by atoms with Crippen molar-refractivity contribution in [3.63, 3.8) is 0 Å². The van der Waals surface area contributed by atoms with Crippen molar-refractivity contribution in [2.75, 3.05) is 43.4 Å². The van der Waals surface area contributed by atoms with Crippen LogP contribution in [-0.4, -0.2) is 43.5 Å². The summed E-state index contributed by atoms with van der Waals surface area (Å²) < 4.78 is 0. The van der Waals surface area contributed by atoms with E-state index in [-0.39, 0.29) is 0 Å². The number of primary amides is 1. The molecule has 0 saturated carbocycles. The number of hydrogen-bond acceptors (Lipinski definition) is 4. The average Bonchev–Trinajstić information content (AvgIpc) is 2.39. The SMILES string of the molecule is CCCN1CCN(c2cc(N)ccc2C(N)=O)CC1. The Bertz CT molecular complexity index is 453. The van der Waals surface area contributed by atoms with Crippen molar-refractivity contribution in [2.24, 2.45) is 5.73 Å².